The third-order valence-electron chi connectivity index (χ3n) is 5.38. The minimum atomic E-state index is -0.236. The van der Waals surface area contributed by atoms with Gasteiger partial charge in [-0.05, 0) is 62.2 Å². The maximum atomic E-state index is 12.1. The van der Waals surface area contributed by atoms with Gasteiger partial charge >= 0.3 is 5.97 Å². The lowest BCUT2D eigenvalue weighted by Crippen LogP contribution is -2.52. The first-order chi connectivity index (χ1) is 11.0. The van der Waals surface area contributed by atoms with Gasteiger partial charge in [-0.25, -0.2) is 4.79 Å². The third-order valence-corrected chi connectivity index (χ3v) is 5.38. The first kappa shape index (κ1) is 16.1. The maximum Gasteiger partial charge on any atom is 0.330 e. The van der Waals surface area contributed by atoms with Crippen molar-refractivity contribution in [2.45, 2.75) is 38.1 Å². The van der Waals surface area contributed by atoms with Gasteiger partial charge < -0.3 is 9.47 Å². The highest BCUT2D eigenvalue weighted by Crippen LogP contribution is 2.48. The topological polar surface area (TPSA) is 38.8 Å². The Morgan fingerprint density at radius 2 is 2.26 bits per heavy atom. The third kappa shape index (κ3) is 2.65. The Kier molecular flexibility index (Phi) is 4.19. The van der Waals surface area contributed by atoms with Gasteiger partial charge in [0.2, 0.25) is 0 Å². The number of nitrogens with zero attached hydrogens (tertiary/aromatic N) is 1. The van der Waals surface area contributed by atoms with Gasteiger partial charge in [0.1, 0.15) is 5.75 Å². The monoisotopic (exact) mass is 315 g/mol. The van der Waals surface area contributed by atoms with Crippen molar-refractivity contribution in [2.24, 2.45) is 0 Å². The number of fused-ring (bicyclic) bond motifs is 4. The van der Waals surface area contributed by atoms with Crippen LogP contribution in [0.4, 0.5) is 0 Å². The zero-order valence-corrected chi connectivity index (χ0v) is 14.4. The molecule has 0 amide bonds. The molecule has 2 bridgehead atoms. The Balaban J connectivity index is 2.11. The minimum Gasteiger partial charge on any atom is -0.497 e. The number of likely N-dealkylation sites (tertiary alicyclic amines) is 1. The van der Waals surface area contributed by atoms with Crippen molar-refractivity contribution in [1.29, 1.82) is 0 Å². The molecular weight excluding hydrogens is 290 g/mol. The molecule has 1 aliphatic heterocycles. The molecule has 4 heteroatoms. The first-order valence-corrected chi connectivity index (χ1v) is 8.26. The molecule has 1 aromatic carbocycles. The molecule has 2 aliphatic rings. The smallest absolute Gasteiger partial charge is 0.330 e. The number of hydrogen-bond donors (Lipinski definition) is 0. The fraction of sp³-hybridized carbons (Fsp3) is 0.526. The molecule has 0 spiro atoms. The highest BCUT2D eigenvalue weighted by Gasteiger charge is 2.46. The number of ether oxygens (including phenoxy) is 2. The van der Waals surface area contributed by atoms with Crippen LogP contribution in [0.1, 0.15) is 31.4 Å². The van der Waals surface area contributed by atoms with E-state index in [9.17, 15) is 4.79 Å². The summed E-state index contributed by atoms with van der Waals surface area (Å²) in [5, 5.41) is 0. The Bertz CT molecular complexity index is 652. The molecular formula is C19H25NO3. The number of benzene rings is 1. The predicted octanol–water partition coefficient (Wildman–Crippen LogP) is 2.70. The van der Waals surface area contributed by atoms with Crippen molar-refractivity contribution in [1.82, 2.24) is 4.90 Å². The van der Waals surface area contributed by atoms with E-state index in [2.05, 4.69) is 31.0 Å². The molecule has 0 aromatic heterocycles. The summed E-state index contributed by atoms with van der Waals surface area (Å²) in [5.74, 6) is 0.637. The highest BCUT2D eigenvalue weighted by atomic mass is 16.5. The molecule has 0 N–H and O–H groups in total. The van der Waals surface area contributed by atoms with E-state index in [-0.39, 0.29) is 17.4 Å². The van der Waals surface area contributed by atoms with Crippen LogP contribution < -0.4 is 4.74 Å². The predicted molar refractivity (Wildman–Crippen MR) is 89.8 cm³/mol. The van der Waals surface area contributed by atoms with Gasteiger partial charge in [0, 0.05) is 17.5 Å². The van der Waals surface area contributed by atoms with Crippen molar-refractivity contribution in [3.63, 3.8) is 0 Å². The van der Waals surface area contributed by atoms with E-state index >= 15 is 0 Å². The van der Waals surface area contributed by atoms with E-state index in [0.717, 1.165) is 25.1 Å². The van der Waals surface area contributed by atoms with E-state index in [0.29, 0.717) is 6.61 Å². The number of likely N-dealkylation sites (N-methyl/N-ethyl adjacent to an activating group) is 1. The molecule has 124 valence electrons. The summed E-state index contributed by atoms with van der Waals surface area (Å²) >= 11 is 0. The van der Waals surface area contributed by atoms with Gasteiger partial charge in [-0.2, -0.15) is 0 Å². The molecule has 4 nitrogen and oxygen atoms in total. The molecule has 23 heavy (non-hydrogen) atoms. The van der Waals surface area contributed by atoms with E-state index < -0.39 is 0 Å². The molecule has 1 unspecified atom stereocenters. The molecule has 1 heterocycles. The van der Waals surface area contributed by atoms with Gasteiger partial charge in [0.25, 0.3) is 0 Å². The van der Waals surface area contributed by atoms with E-state index in [1.54, 1.807) is 13.2 Å². The van der Waals surface area contributed by atoms with Crippen LogP contribution in [-0.2, 0) is 21.4 Å². The standard InChI is InChI=1S/C19H25NO3/c1-5-23-18(21)12-16-17-10-13-6-7-14(22-4)11-15(13)19(16,2)8-9-20(17)3/h6-7,11-12,17H,5,8-10H2,1-4H3/t17?,19-/m1/s1. The van der Waals surface area contributed by atoms with Crippen LogP contribution in [0.5, 0.6) is 5.75 Å². The second-order valence-corrected chi connectivity index (χ2v) is 6.66. The number of methoxy groups -OCH3 is 1. The number of hydrogen-bond acceptors (Lipinski definition) is 4. The zero-order valence-electron chi connectivity index (χ0n) is 14.4. The van der Waals surface area contributed by atoms with Crippen molar-refractivity contribution in [2.75, 3.05) is 27.3 Å². The Morgan fingerprint density at radius 1 is 1.48 bits per heavy atom. The van der Waals surface area contributed by atoms with Crippen molar-refractivity contribution in [3.8, 4) is 5.75 Å². The van der Waals surface area contributed by atoms with Crippen molar-refractivity contribution < 1.29 is 14.3 Å². The summed E-state index contributed by atoms with van der Waals surface area (Å²) < 4.78 is 10.6. The van der Waals surface area contributed by atoms with E-state index in [4.69, 9.17) is 9.47 Å². The van der Waals surface area contributed by atoms with Crippen LogP contribution in [0.3, 0.4) is 0 Å². The van der Waals surface area contributed by atoms with Crippen LogP contribution in [0.15, 0.2) is 29.8 Å². The van der Waals surface area contributed by atoms with Crippen molar-refractivity contribution >= 4 is 5.97 Å². The summed E-state index contributed by atoms with van der Waals surface area (Å²) in [4.78, 5) is 14.4. The van der Waals surface area contributed by atoms with Crippen LogP contribution in [0, 0.1) is 0 Å². The molecule has 1 saturated heterocycles. The lowest BCUT2D eigenvalue weighted by Gasteiger charge is -2.51. The Morgan fingerprint density at radius 3 is 2.96 bits per heavy atom. The van der Waals surface area contributed by atoms with Crippen molar-refractivity contribution in [3.05, 3.63) is 41.0 Å². The lowest BCUT2D eigenvalue weighted by atomic mass is 9.61. The Labute approximate surface area is 138 Å². The SMILES string of the molecule is CCOC(=O)C=C1C2Cc3ccc(OC)cc3[C@@]1(C)CCN2C. The molecule has 3 rings (SSSR count). The largest absolute Gasteiger partial charge is 0.497 e. The number of piperidine rings is 1. The number of esters is 1. The van der Waals surface area contributed by atoms with Gasteiger partial charge in [-0.3, -0.25) is 4.90 Å². The van der Waals surface area contributed by atoms with Gasteiger partial charge in [0.05, 0.1) is 13.7 Å². The second-order valence-electron chi connectivity index (χ2n) is 6.66. The molecule has 1 aliphatic carbocycles. The number of rotatable bonds is 3. The van der Waals surface area contributed by atoms with Crippen LogP contribution in [0.25, 0.3) is 0 Å². The maximum absolute atomic E-state index is 12.1. The summed E-state index contributed by atoms with van der Waals surface area (Å²) in [7, 11) is 3.83. The molecule has 0 saturated carbocycles. The van der Waals surface area contributed by atoms with Crippen LogP contribution >= 0.6 is 0 Å². The minimum absolute atomic E-state index is 0.133. The quantitative estimate of drug-likeness (QED) is 0.635. The molecule has 1 fully saturated rings. The number of carbonyl (C=O) groups is 1. The van der Waals surface area contributed by atoms with Crippen LogP contribution in [-0.4, -0.2) is 44.2 Å². The summed E-state index contributed by atoms with van der Waals surface area (Å²) in [6, 6.07) is 6.59. The van der Waals surface area contributed by atoms with Gasteiger partial charge in [-0.1, -0.05) is 13.0 Å². The van der Waals surface area contributed by atoms with Gasteiger partial charge in [-0.15, -0.1) is 0 Å². The highest BCUT2D eigenvalue weighted by molar-refractivity contribution is 5.84. The molecule has 0 radical (unpaired) electrons. The lowest BCUT2D eigenvalue weighted by molar-refractivity contribution is -0.137. The average molecular weight is 315 g/mol. The van der Waals surface area contributed by atoms with E-state index in [1.165, 1.54) is 16.7 Å². The van der Waals surface area contributed by atoms with Gasteiger partial charge in [0.15, 0.2) is 0 Å². The molecule has 1 aromatic rings. The first-order valence-electron chi connectivity index (χ1n) is 8.26. The fourth-order valence-corrected chi connectivity index (χ4v) is 4.01. The fourth-order valence-electron chi connectivity index (χ4n) is 4.01. The molecule has 2 atom stereocenters. The van der Waals surface area contributed by atoms with Crippen LogP contribution in [0.2, 0.25) is 0 Å². The Hall–Kier alpha value is -1.81. The normalized spacial score (nSPS) is 28.3. The average Bonchev–Trinajstić information content (AvgIpc) is 2.54. The second kappa shape index (κ2) is 6.00. The summed E-state index contributed by atoms with van der Waals surface area (Å²) in [6.45, 7) is 5.52. The summed E-state index contributed by atoms with van der Waals surface area (Å²) in [6.07, 6.45) is 3.65. The number of carbonyl (C=O) groups excluding carboxylic acids is 1. The zero-order chi connectivity index (χ0) is 16.6. The summed E-state index contributed by atoms with van der Waals surface area (Å²) in [5.41, 5.74) is 3.68. The van der Waals surface area contributed by atoms with E-state index in [1.807, 2.05) is 13.0 Å².